The van der Waals surface area contributed by atoms with Crippen molar-refractivity contribution in [2.75, 3.05) is 23.8 Å². The number of carbonyl (C=O) groups is 2. The van der Waals surface area contributed by atoms with E-state index in [9.17, 15) is 19.8 Å². The summed E-state index contributed by atoms with van der Waals surface area (Å²) in [6.07, 6.45) is -1.86. The Hall–Kier alpha value is -2.06. The van der Waals surface area contributed by atoms with Gasteiger partial charge in [-0.25, -0.2) is 9.59 Å². The lowest BCUT2D eigenvalue weighted by Crippen LogP contribution is -2.18. The summed E-state index contributed by atoms with van der Waals surface area (Å²) in [4.78, 5) is 23.0. The van der Waals surface area contributed by atoms with Crippen molar-refractivity contribution in [2.24, 2.45) is 0 Å². The minimum atomic E-state index is -0.928. The first-order valence-corrected chi connectivity index (χ1v) is 6.89. The van der Waals surface area contributed by atoms with Crippen LogP contribution in [0, 0.1) is 0 Å². The third-order valence-electron chi connectivity index (χ3n) is 2.34. The standard InChI is InChI=1S/C12H14Cl2N2O6/c1-3-21-11(19)15-7-8(16-12(20)22-4-2)10(18)6(14)5(13)9(7)17/h17-18H,3-4H2,1-2H3,(H,15,19)(H,16,20). The Kier molecular flexibility index (Phi) is 6.39. The van der Waals surface area contributed by atoms with Gasteiger partial charge in [0.2, 0.25) is 0 Å². The molecule has 1 rings (SSSR count). The first-order valence-electron chi connectivity index (χ1n) is 6.13. The van der Waals surface area contributed by atoms with Gasteiger partial charge in [-0.05, 0) is 13.8 Å². The Morgan fingerprint density at radius 2 is 1.23 bits per heavy atom. The third kappa shape index (κ3) is 3.99. The lowest BCUT2D eigenvalue weighted by atomic mass is 10.2. The van der Waals surface area contributed by atoms with Gasteiger partial charge in [-0.3, -0.25) is 10.6 Å². The number of benzene rings is 1. The molecule has 0 aliphatic heterocycles. The van der Waals surface area contributed by atoms with E-state index in [-0.39, 0.29) is 24.6 Å². The van der Waals surface area contributed by atoms with Crippen molar-refractivity contribution in [1.29, 1.82) is 0 Å². The normalized spacial score (nSPS) is 10.0. The van der Waals surface area contributed by atoms with E-state index in [0.717, 1.165) is 0 Å². The molecular formula is C12H14Cl2N2O6. The lowest BCUT2D eigenvalue weighted by Gasteiger charge is -2.17. The highest BCUT2D eigenvalue weighted by Gasteiger charge is 2.25. The highest BCUT2D eigenvalue weighted by atomic mass is 35.5. The minimum Gasteiger partial charge on any atom is -0.504 e. The number of phenols is 2. The average Bonchev–Trinajstić information content (AvgIpc) is 2.47. The van der Waals surface area contributed by atoms with Crippen molar-refractivity contribution >= 4 is 46.8 Å². The molecule has 22 heavy (non-hydrogen) atoms. The molecule has 4 N–H and O–H groups in total. The summed E-state index contributed by atoms with van der Waals surface area (Å²) in [5.41, 5.74) is -0.753. The van der Waals surface area contributed by atoms with Gasteiger partial charge >= 0.3 is 12.2 Å². The molecule has 0 unspecified atom stereocenters. The molecule has 0 saturated carbocycles. The van der Waals surface area contributed by atoms with Gasteiger partial charge in [0.05, 0.1) is 13.2 Å². The maximum Gasteiger partial charge on any atom is 0.411 e. The molecule has 0 saturated heterocycles. The van der Waals surface area contributed by atoms with E-state index < -0.39 is 33.7 Å². The molecule has 122 valence electrons. The summed E-state index contributed by atoms with van der Waals surface area (Å²) in [6, 6.07) is 0. The first kappa shape index (κ1) is 18.0. The van der Waals surface area contributed by atoms with Crippen LogP contribution in [0.25, 0.3) is 0 Å². The highest BCUT2D eigenvalue weighted by molar-refractivity contribution is 6.45. The Morgan fingerprint density at radius 1 is 0.909 bits per heavy atom. The van der Waals surface area contributed by atoms with Crippen LogP contribution in [0.2, 0.25) is 10.0 Å². The molecule has 0 atom stereocenters. The second-order valence-electron chi connectivity index (χ2n) is 3.77. The molecule has 2 amide bonds. The molecule has 0 spiro atoms. The lowest BCUT2D eigenvalue weighted by molar-refractivity contribution is 0.166. The number of nitrogens with one attached hydrogen (secondary N) is 2. The molecular weight excluding hydrogens is 339 g/mol. The van der Waals surface area contributed by atoms with Crippen LogP contribution in [0.4, 0.5) is 21.0 Å². The minimum absolute atomic E-state index is 0.0700. The van der Waals surface area contributed by atoms with Crippen LogP contribution >= 0.6 is 23.2 Å². The van der Waals surface area contributed by atoms with Crippen molar-refractivity contribution in [2.45, 2.75) is 13.8 Å². The van der Waals surface area contributed by atoms with Crippen molar-refractivity contribution < 1.29 is 29.3 Å². The molecule has 8 nitrogen and oxygen atoms in total. The van der Waals surface area contributed by atoms with Gasteiger partial charge in [0, 0.05) is 0 Å². The van der Waals surface area contributed by atoms with E-state index in [1.165, 1.54) is 0 Å². The van der Waals surface area contributed by atoms with Crippen molar-refractivity contribution in [3.05, 3.63) is 10.0 Å². The van der Waals surface area contributed by atoms with E-state index in [1.54, 1.807) is 13.8 Å². The molecule has 1 aromatic rings. The van der Waals surface area contributed by atoms with Crippen LogP contribution in [0.5, 0.6) is 11.5 Å². The monoisotopic (exact) mass is 352 g/mol. The number of amides is 2. The van der Waals surface area contributed by atoms with E-state index in [4.69, 9.17) is 23.2 Å². The van der Waals surface area contributed by atoms with Crippen LogP contribution in [-0.4, -0.2) is 35.6 Å². The zero-order valence-electron chi connectivity index (χ0n) is 11.7. The molecule has 0 aliphatic rings. The number of carbonyl (C=O) groups excluding carboxylic acids is 2. The zero-order chi connectivity index (χ0) is 16.9. The summed E-state index contributed by atoms with van der Waals surface area (Å²) in [6.45, 7) is 3.29. The smallest absolute Gasteiger partial charge is 0.411 e. The van der Waals surface area contributed by atoms with E-state index in [1.807, 2.05) is 0 Å². The number of hydrogen-bond acceptors (Lipinski definition) is 6. The summed E-state index contributed by atoms with van der Waals surface area (Å²) >= 11 is 11.5. The summed E-state index contributed by atoms with van der Waals surface area (Å²) < 4.78 is 9.31. The molecule has 0 aromatic heterocycles. The maximum atomic E-state index is 11.5. The Bertz CT molecular complexity index is 543. The average molecular weight is 353 g/mol. The summed E-state index contributed by atoms with van der Waals surface area (Å²) in [5.74, 6) is -1.30. The van der Waals surface area contributed by atoms with Crippen LogP contribution < -0.4 is 10.6 Å². The largest absolute Gasteiger partial charge is 0.504 e. The van der Waals surface area contributed by atoms with Crippen molar-refractivity contribution in [1.82, 2.24) is 0 Å². The predicted molar refractivity (Wildman–Crippen MR) is 81.1 cm³/mol. The number of phenolic OH excluding ortho intramolecular Hbond substituents is 2. The fourth-order valence-corrected chi connectivity index (χ4v) is 1.81. The second kappa shape index (κ2) is 7.81. The molecule has 1 aromatic carbocycles. The predicted octanol–water partition coefficient (Wildman–Crippen LogP) is 3.54. The number of aromatic hydroxyl groups is 2. The SMILES string of the molecule is CCOC(=O)Nc1c(O)c(Cl)c(Cl)c(O)c1NC(=O)OCC. The fraction of sp³-hybridized carbons (Fsp3) is 0.333. The fourth-order valence-electron chi connectivity index (χ4n) is 1.45. The topological polar surface area (TPSA) is 117 Å². The molecule has 0 fully saturated rings. The van der Waals surface area contributed by atoms with Gasteiger partial charge in [-0.1, -0.05) is 23.2 Å². The van der Waals surface area contributed by atoms with Gasteiger partial charge in [0.1, 0.15) is 21.4 Å². The van der Waals surface area contributed by atoms with Crippen LogP contribution in [0.3, 0.4) is 0 Å². The molecule has 0 radical (unpaired) electrons. The van der Waals surface area contributed by atoms with Gasteiger partial charge < -0.3 is 19.7 Å². The Balaban J connectivity index is 3.31. The van der Waals surface area contributed by atoms with Crippen molar-refractivity contribution in [3.63, 3.8) is 0 Å². The summed E-state index contributed by atoms with van der Waals surface area (Å²) in [7, 11) is 0. The highest BCUT2D eigenvalue weighted by Crippen LogP contribution is 2.50. The van der Waals surface area contributed by atoms with Gasteiger partial charge in [0.15, 0.2) is 11.5 Å². The van der Waals surface area contributed by atoms with E-state index in [2.05, 4.69) is 20.1 Å². The quantitative estimate of drug-likeness (QED) is 0.486. The van der Waals surface area contributed by atoms with Gasteiger partial charge in [-0.2, -0.15) is 0 Å². The molecule has 0 heterocycles. The molecule has 10 heteroatoms. The number of ether oxygens (including phenoxy) is 2. The number of anilines is 2. The van der Waals surface area contributed by atoms with Gasteiger partial charge in [-0.15, -0.1) is 0 Å². The molecule has 0 aliphatic carbocycles. The van der Waals surface area contributed by atoms with Gasteiger partial charge in [0.25, 0.3) is 0 Å². The van der Waals surface area contributed by atoms with E-state index in [0.29, 0.717) is 0 Å². The maximum absolute atomic E-state index is 11.5. The Labute approximate surface area is 135 Å². The summed E-state index contributed by atoms with van der Waals surface area (Å²) in [5, 5.41) is 23.4. The number of rotatable bonds is 4. The van der Waals surface area contributed by atoms with Crippen LogP contribution in [0.1, 0.15) is 13.8 Å². The van der Waals surface area contributed by atoms with Crippen LogP contribution in [-0.2, 0) is 9.47 Å². The van der Waals surface area contributed by atoms with Crippen LogP contribution in [0.15, 0.2) is 0 Å². The number of halogens is 2. The van der Waals surface area contributed by atoms with Crippen molar-refractivity contribution in [3.8, 4) is 11.5 Å². The third-order valence-corrected chi connectivity index (χ3v) is 3.17. The first-order chi connectivity index (χ1) is 10.3. The Morgan fingerprint density at radius 3 is 1.50 bits per heavy atom. The zero-order valence-corrected chi connectivity index (χ0v) is 13.2. The second-order valence-corrected chi connectivity index (χ2v) is 4.52. The molecule has 0 bridgehead atoms. The van der Waals surface area contributed by atoms with E-state index >= 15 is 0 Å². The number of hydrogen-bond donors (Lipinski definition) is 4.